The zero-order valence-corrected chi connectivity index (χ0v) is 26.8. The van der Waals surface area contributed by atoms with Gasteiger partial charge in [0.15, 0.2) is 18.1 Å². The van der Waals surface area contributed by atoms with E-state index in [1.54, 1.807) is 0 Å². The lowest BCUT2D eigenvalue weighted by atomic mass is 9.45. The minimum Gasteiger partial charge on any atom is -0.502 e. The Hall–Kier alpha value is -3.88. The summed E-state index contributed by atoms with van der Waals surface area (Å²) in [5.41, 5.74) is -1.20. The molecule has 1 aromatic carbocycles. The van der Waals surface area contributed by atoms with Crippen molar-refractivity contribution in [3.8, 4) is 5.75 Å². The first kappa shape index (κ1) is 34.5. The first-order valence-electron chi connectivity index (χ1n) is 16.0. The topological polar surface area (TPSA) is 218 Å². The van der Waals surface area contributed by atoms with Gasteiger partial charge in [-0.1, -0.05) is 30.6 Å². The number of aromatic hydroxyl groups is 1. The van der Waals surface area contributed by atoms with E-state index in [0.29, 0.717) is 30.5 Å². The minimum atomic E-state index is -1.64. The summed E-state index contributed by atoms with van der Waals surface area (Å²) in [7, 11) is 1.15. The number of esters is 1. The van der Waals surface area contributed by atoms with Crippen LogP contribution in [0.4, 0.5) is 5.69 Å². The number of Topliss-reactive ketones (excluding diaryl/α,β-unsaturated/α-hetero) is 1. The summed E-state index contributed by atoms with van der Waals surface area (Å²) < 4.78 is 4.78. The van der Waals surface area contributed by atoms with Gasteiger partial charge >= 0.3 is 11.7 Å². The molecular formula is C33H43N3O11. The number of carbonyl (C=O) groups is 3. The second-order valence-corrected chi connectivity index (χ2v) is 13.9. The van der Waals surface area contributed by atoms with Crippen molar-refractivity contribution in [3.63, 3.8) is 0 Å². The van der Waals surface area contributed by atoms with Gasteiger partial charge in [-0.2, -0.15) is 0 Å². The number of methoxy groups -OCH3 is 1. The number of ketones is 1. The van der Waals surface area contributed by atoms with E-state index in [4.69, 9.17) is 9.57 Å². The zero-order valence-electron chi connectivity index (χ0n) is 26.8. The highest BCUT2D eigenvalue weighted by atomic mass is 16.6. The maximum atomic E-state index is 12.7. The van der Waals surface area contributed by atoms with Crippen molar-refractivity contribution in [2.75, 3.05) is 20.3 Å². The highest BCUT2D eigenvalue weighted by Gasteiger charge is 2.68. The van der Waals surface area contributed by atoms with Crippen molar-refractivity contribution in [2.45, 2.75) is 83.0 Å². The first-order valence-corrected chi connectivity index (χ1v) is 16.0. The molecule has 0 spiro atoms. The molecule has 1 amide bonds. The Morgan fingerprint density at radius 1 is 1.19 bits per heavy atom. The molecule has 0 heterocycles. The number of ether oxygens (including phenoxy) is 1. The average Bonchev–Trinajstić information content (AvgIpc) is 3.30. The van der Waals surface area contributed by atoms with Crippen molar-refractivity contribution in [1.82, 2.24) is 5.32 Å². The summed E-state index contributed by atoms with van der Waals surface area (Å²) in [4.78, 5) is 53.4. The number of rotatable bonds is 10. The molecule has 5 N–H and O–H groups in total. The Balaban J connectivity index is 1.23. The standard InChI is InChI=1S/C33H43N3O11/c1-31-10-8-20(35-47-17-28(41)34-23(30(42)46-3)12-18-4-7-25(38)24(13-18)36(44)45)14-19(31)5-6-21-22-9-11-33(43,27(40)16-37)32(22,2)15-26(39)29(21)31/h4,7,13-14,21-23,26,29,37-39,43H,5-6,8-12,15-17H2,1-3H3,(H,34,41)/b35-20+/t21-,22-,23+,26-,29+,31-,32-,33-/m0/s1. The fourth-order valence-corrected chi connectivity index (χ4v) is 9.19. The van der Waals surface area contributed by atoms with Crippen LogP contribution >= 0.6 is 0 Å². The van der Waals surface area contributed by atoms with Crippen LogP contribution in [0.3, 0.4) is 0 Å². The maximum Gasteiger partial charge on any atom is 0.328 e. The van der Waals surface area contributed by atoms with Crippen molar-refractivity contribution in [3.05, 3.63) is 45.5 Å². The number of allylic oxidation sites excluding steroid dienone is 2. The molecule has 4 aliphatic carbocycles. The molecule has 4 aliphatic rings. The van der Waals surface area contributed by atoms with Gasteiger partial charge in [0.1, 0.15) is 18.2 Å². The summed E-state index contributed by atoms with van der Waals surface area (Å²) in [6.07, 6.45) is 5.09. The number of amides is 1. The molecule has 0 aliphatic heterocycles. The number of oxime groups is 1. The van der Waals surface area contributed by atoms with Crippen LogP contribution in [0.25, 0.3) is 0 Å². The van der Waals surface area contributed by atoms with Crippen LogP contribution in [0.15, 0.2) is 35.0 Å². The third-order valence-corrected chi connectivity index (χ3v) is 11.5. The molecule has 256 valence electrons. The van der Waals surface area contributed by atoms with E-state index in [2.05, 4.69) is 17.4 Å². The van der Waals surface area contributed by atoms with Gasteiger partial charge in [-0.15, -0.1) is 0 Å². The van der Waals surface area contributed by atoms with Gasteiger partial charge in [-0.25, -0.2) is 4.79 Å². The van der Waals surface area contributed by atoms with Gasteiger partial charge in [-0.3, -0.25) is 19.7 Å². The van der Waals surface area contributed by atoms with Gasteiger partial charge in [0, 0.05) is 17.9 Å². The van der Waals surface area contributed by atoms with Gasteiger partial charge in [0.2, 0.25) is 0 Å². The quantitative estimate of drug-likeness (QED) is 0.139. The fourth-order valence-electron chi connectivity index (χ4n) is 9.19. The van der Waals surface area contributed by atoms with Gasteiger partial charge in [-0.05, 0) is 85.8 Å². The highest BCUT2D eigenvalue weighted by Crippen LogP contribution is 2.67. The van der Waals surface area contributed by atoms with E-state index in [1.807, 2.05) is 13.0 Å². The van der Waals surface area contributed by atoms with Crippen molar-refractivity contribution in [1.29, 1.82) is 0 Å². The van der Waals surface area contributed by atoms with Crippen LogP contribution in [-0.2, 0) is 30.4 Å². The Bertz CT molecular complexity index is 1510. The van der Waals surface area contributed by atoms with Crippen molar-refractivity contribution < 1.29 is 49.3 Å². The molecule has 0 saturated heterocycles. The predicted octanol–water partition coefficient (Wildman–Crippen LogP) is 2.10. The number of nitro benzene ring substituents is 1. The van der Waals surface area contributed by atoms with Crippen molar-refractivity contribution >= 4 is 29.1 Å². The molecule has 3 fully saturated rings. The number of aliphatic hydroxyl groups excluding tert-OH is 2. The SMILES string of the molecule is COC(=O)[C@@H](Cc1ccc(O)c([N+](=O)[O-])c1)NC(=O)CO/N=C1/C=C2CC[C@@H]3[C@H]([C@@H](O)C[C@@]4(C)[C@H]3CC[C@]4(O)C(=O)CO)[C@@]2(C)CC1. The molecular weight excluding hydrogens is 614 g/mol. The van der Waals surface area contributed by atoms with E-state index in [9.17, 15) is 44.9 Å². The van der Waals surface area contributed by atoms with E-state index < -0.39 is 70.4 Å². The molecule has 0 unspecified atom stereocenters. The summed E-state index contributed by atoms with van der Waals surface area (Å²) in [6, 6.07) is 2.50. The normalized spacial score (nSPS) is 34.3. The molecule has 5 rings (SSSR count). The number of hydrogen-bond donors (Lipinski definition) is 5. The molecule has 0 bridgehead atoms. The van der Waals surface area contributed by atoms with E-state index in [1.165, 1.54) is 6.07 Å². The Labute approximate surface area is 272 Å². The van der Waals surface area contributed by atoms with Crippen LogP contribution in [-0.4, -0.2) is 86.8 Å². The van der Waals surface area contributed by atoms with E-state index in [-0.39, 0.29) is 42.4 Å². The molecule has 1 aromatic rings. The first-order chi connectivity index (χ1) is 22.2. The van der Waals surface area contributed by atoms with Crippen LogP contribution < -0.4 is 5.32 Å². The lowest BCUT2D eigenvalue weighted by Gasteiger charge is -2.60. The number of nitrogens with zero attached hydrogens (tertiary/aromatic N) is 2. The maximum absolute atomic E-state index is 12.7. The number of phenolic OH excluding ortho intramolecular Hbond substituents is 1. The summed E-state index contributed by atoms with van der Waals surface area (Å²) in [5.74, 6) is -2.42. The summed E-state index contributed by atoms with van der Waals surface area (Å²) in [5, 5.41) is 60.1. The molecule has 0 radical (unpaired) electrons. The number of nitrogens with one attached hydrogen (secondary N) is 1. The number of fused-ring (bicyclic) bond motifs is 5. The van der Waals surface area contributed by atoms with Crippen LogP contribution in [0.2, 0.25) is 0 Å². The number of benzene rings is 1. The van der Waals surface area contributed by atoms with Gasteiger partial charge < -0.3 is 35.3 Å². The second kappa shape index (κ2) is 13.0. The van der Waals surface area contributed by atoms with E-state index >= 15 is 0 Å². The summed E-state index contributed by atoms with van der Waals surface area (Å²) in [6.45, 7) is 2.82. The van der Waals surface area contributed by atoms with Crippen molar-refractivity contribution in [2.24, 2.45) is 33.7 Å². The number of hydrogen-bond acceptors (Lipinski definition) is 12. The smallest absolute Gasteiger partial charge is 0.328 e. The Morgan fingerprint density at radius 2 is 1.94 bits per heavy atom. The van der Waals surface area contributed by atoms with Crippen LogP contribution in [0.1, 0.15) is 64.4 Å². The lowest BCUT2D eigenvalue weighted by Crippen LogP contribution is -2.62. The van der Waals surface area contributed by atoms with Crippen LogP contribution in [0, 0.1) is 38.7 Å². The summed E-state index contributed by atoms with van der Waals surface area (Å²) >= 11 is 0. The Morgan fingerprint density at radius 3 is 2.62 bits per heavy atom. The minimum absolute atomic E-state index is 0.0460. The van der Waals surface area contributed by atoms with Gasteiger partial charge in [0.25, 0.3) is 5.91 Å². The monoisotopic (exact) mass is 657 g/mol. The van der Waals surface area contributed by atoms with Gasteiger partial charge in [0.05, 0.1) is 23.8 Å². The Kier molecular flexibility index (Phi) is 9.50. The molecule has 47 heavy (non-hydrogen) atoms. The third-order valence-electron chi connectivity index (χ3n) is 11.5. The molecule has 14 nitrogen and oxygen atoms in total. The second-order valence-electron chi connectivity index (χ2n) is 13.9. The number of carbonyl (C=O) groups excluding carboxylic acids is 3. The highest BCUT2D eigenvalue weighted by molar-refractivity contribution is 5.96. The number of phenols is 1. The van der Waals surface area contributed by atoms with Crippen LogP contribution in [0.5, 0.6) is 5.75 Å². The van der Waals surface area contributed by atoms with E-state index in [0.717, 1.165) is 37.7 Å². The average molecular weight is 658 g/mol. The molecule has 14 heteroatoms. The number of aliphatic hydroxyl groups is 3. The lowest BCUT2D eigenvalue weighted by molar-refractivity contribution is -0.385. The molecule has 8 atom stereocenters. The largest absolute Gasteiger partial charge is 0.502 e. The number of nitro groups is 1. The molecule has 0 aromatic heterocycles. The zero-order chi connectivity index (χ0) is 34.3. The third kappa shape index (κ3) is 6.02. The fraction of sp³-hybridized carbons (Fsp3) is 0.636. The molecule has 3 saturated carbocycles. The predicted molar refractivity (Wildman–Crippen MR) is 166 cm³/mol.